The molecule has 0 radical (unpaired) electrons. The number of nitrogens with one attached hydrogen (secondary N) is 1. The Morgan fingerprint density at radius 2 is 1.48 bits per heavy atom. The highest BCUT2D eigenvalue weighted by molar-refractivity contribution is 5.90. The van der Waals surface area contributed by atoms with Gasteiger partial charge in [-0.05, 0) is 25.0 Å². The van der Waals surface area contributed by atoms with Crippen molar-refractivity contribution in [2.24, 2.45) is 0 Å². The number of unbranched alkanes of at least 4 members (excludes halogenated alkanes) is 4. The van der Waals surface area contributed by atoms with Gasteiger partial charge in [-0.25, -0.2) is 0 Å². The standard InChI is InChI=1S/C17H26N2O2/c1-19(2)17(21)14-10-5-3-4-9-13-16(20)18-15-11-7-6-8-12-15/h6-8,11-12H,3-5,9-10,13-14H2,1-2H3,(H,18,20). The fourth-order valence-corrected chi connectivity index (χ4v) is 2.06. The molecule has 0 saturated heterocycles. The van der Waals surface area contributed by atoms with Crippen molar-refractivity contribution in [1.82, 2.24) is 4.90 Å². The zero-order chi connectivity index (χ0) is 15.5. The molecule has 2 amide bonds. The molecular weight excluding hydrogens is 264 g/mol. The fourth-order valence-electron chi connectivity index (χ4n) is 2.06. The molecule has 21 heavy (non-hydrogen) atoms. The smallest absolute Gasteiger partial charge is 0.224 e. The summed E-state index contributed by atoms with van der Waals surface area (Å²) < 4.78 is 0. The zero-order valence-electron chi connectivity index (χ0n) is 13.1. The second-order valence-electron chi connectivity index (χ2n) is 5.47. The molecule has 4 heteroatoms. The fraction of sp³-hybridized carbons (Fsp3) is 0.529. The van der Waals surface area contributed by atoms with E-state index in [1.54, 1.807) is 19.0 Å². The van der Waals surface area contributed by atoms with Crippen molar-refractivity contribution in [2.45, 2.75) is 44.9 Å². The van der Waals surface area contributed by atoms with Gasteiger partial charge in [0.25, 0.3) is 0 Å². The maximum absolute atomic E-state index is 11.7. The summed E-state index contributed by atoms with van der Waals surface area (Å²) in [6.45, 7) is 0. The molecule has 0 unspecified atom stereocenters. The first-order valence-electron chi connectivity index (χ1n) is 7.64. The number of anilines is 1. The van der Waals surface area contributed by atoms with Crippen LogP contribution in [0.2, 0.25) is 0 Å². The highest BCUT2D eigenvalue weighted by Crippen LogP contribution is 2.10. The lowest BCUT2D eigenvalue weighted by Gasteiger charge is -2.09. The molecule has 0 fully saturated rings. The van der Waals surface area contributed by atoms with Gasteiger partial charge in [-0.3, -0.25) is 9.59 Å². The minimum atomic E-state index is 0.0731. The van der Waals surface area contributed by atoms with Crippen molar-refractivity contribution in [2.75, 3.05) is 19.4 Å². The molecule has 0 heterocycles. The number of benzene rings is 1. The molecule has 1 aromatic carbocycles. The molecular formula is C17H26N2O2. The van der Waals surface area contributed by atoms with Crippen molar-refractivity contribution in [3.8, 4) is 0 Å². The predicted molar refractivity (Wildman–Crippen MR) is 86.1 cm³/mol. The van der Waals surface area contributed by atoms with Gasteiger partial charge < -0.3 is 10.2 Å². The van der Waals surface area contributed by atoms with Crippen LogP contribution < -0.4 is 5.32 Å². The van der Waals surface area contributed by atoms with Crippen molar-refractivity contribution in [1.29, 1.82) is 0 Å². The quantitative estimate of drug-likeness (QED) is 0.708. The second kappa shape index (κ2) is 9.97. The Morgan fingerprint density at radius 3 is 2.10 bits per heavy atom. The Kier molecular flexibility index (Phi) is 8.17. The van der Waals surface area contributed by atoms with Crippen LogP contribution in [-0.2, 0) is 9.59 Å². The van der Waals surface area contributed by atoms with Crippen LogP contribution in [0.25, 0.3) is 0 Å². The first kappa shape index (κ1) is 17.2. The molecule has 0 aliphatic carbocycles. The summed E-state index contributed by atoms with van der Waals surface area (Å²) in [5.41, 5.74) is 0.852. The number of para-hydroxylation sites is 1. The number of amides is 2. The van der Waals surface area contributed by atoms with Crippen molar-refractivity contribution in [3.63, 3.8) is 0 Å². The first-order chi connectivity index (χ1) is 10.1. The summed E-state index contributed by atoms with van der Waals surface area (Å²) in [6.07, 6.45) is 6.21. The van der Waals surface area contributed by atoms with E-state index in [0.29, 0.717) is 12.8 Å². The van der Waals surface area contributed by atoms with E-state index in [-0.39, 0.29) is 11.8 Å². The lowest BCUT2D eigenvalue weighted by atomic mass is 10.1. The number of rotatable bonds is 9. The van der Waals surface area contributed by atoms with Crippen molar-refractivity contribution < 1.29 is 9.59 Å². The van der Waals surface area contributed by atoms with E-state index in [9.17, 15) is 9.59 Å². The largest absolute Gasteiger partial charge is 0.349 e. The maximum atomic E-state index is 11.7. The maximum Gasteiger partial charge on any atom is 0.224 e. The van der Waals surface area contributed by atoms with Crippen LogP contribution in [-0.4, -0.2) is 30.8 Å². The molecule has 0 spiro atoms. The Labute approximate surface area is 127 Å². The Morgan fingerprint density at radius 1 is 0.905 bits per heavy atom. The summed E-state index contributed by atoms with van der Waals surface area (Å²) in [5, 5.41) is 2.88. The SMILES string of the molecule is CN(C)C(=O)CCCCCCCC(=O)Nc1ccccc1. The first-order valence-corrected chi connectivity index (χ1v) is 7.64. The summed E-state index contributed by atoms with van der Waals surface area (Å²) in [7, 11) is 3.57. The highest BCUT2D eigenvalue weighted by Gasteiger charge is 2.04. The van der Waals surface area contributed by atoms with E-state index in [0.717, 1.165) is 37.8 Å². The number of hydrogen-bond donors (Lipinski definition) is 1. The van der Waals surface area contributed by atoms with Gasteiger partial charge in [0.2, 0.25) is 11.8 Å². The average molecular weight is 290 g/mol. The predicted octanol–water partition coefficient (Wildman–Crippen LogP) is 3.44. The zero-order valence-corrected chi connectivity index (χ0v) is 13.1. The van der Waals surface area contributed by atoms with Gasteiger partial charge in [0.1, 0.15) is 0 Å². The highest BCUT2D eigenvalue weighted by atomic mass is 16.2. The third-order valence-corrected chi connectivity index (χ3v) is 3.35. The molecule has 116 valence electrons. The monoisotopic (exact) mass is 290 g/mol. The minimum absolute atomic E-state index is 0.0731. The minimum Gasteiger partial charge on any atom is -0.349 e. The molecule has 0 aliphatic rings. The summed E-state index contributed by atoms with van der Waals surface area (Å²) >= 11 is 0. The van der Waals surface area contributed by atoms with Crippen LogP contribution >= 0.6 is 0 Å². The lowest BCUT2D eigenvalue weighted by molar-refractivity contribution is -0.128. The van der Waals surface area contributed by atoms with Gasteiger partial charge >= 0.3 is 0 Å². The summed E-state index contributed by atoms with van der Waals surface area (Å²) in [6, 6.07) is 9.52. The van der Waals surface area contributed by atoms with Gasteiger partial charge in [0, 0.05) is 32.6 Å². The van der Waals surface area contributed by atoms with Gasteiger partial charge in [0.05, 0.1) is 0 Å². The van der Waals surface area contributed by atoms with Gasteiger partial charge in [-0.15, -0.1) is 0 Å². The van der Waals surface area contributed by atoms with E-state index >= 15 is 0 Å². The van der Waals surface area contributed by atoms with Gasteiger partial charge in [-0.2, -0.15) is 0 Å². The van der Waals surface area contributed by atoms with Gasteiger partial charge in [-0.1, -0.05) is 37.5 Å². The van der Waals surface area contributed by atoms with E-state index in [1.165, 1.54) is 0 Å². The molecule has 0 atom stereocenters. The molecule has 4 nitrogen and oxygen atoms in total. The second-order valence-corrected chi connectivity index (χ2v) is 5.47. The number of carbonyl (C=O) groups is 2. The topological polar surface area (TPSA) is 49.4 Å². The van der Waals surface area contributed by atoms with Crippen molar-refractivity contribution in [3.05, 3.63) is 30.3 Å². The Hall–Kier alpha value is -1.84. The number of hydrogen-bond acceptors (Lipinski definition) is 2. The van der Waals surface area contributed by atoms with E-state index in [1.807, 2.05) is 30.3 Å². The van der Waals surface area contributed by atoms with E-state index in [4.69, 9.17) is 0 Å². The third kappa shape index (κ3) is 8.12. The molecule has 0 saturated carbocycles. The number of nitrogens with zero attached hydrogens (tertiary/aromatic N) is 1. The van der Waals surface area contributed by atoms with Crippen LogP contribution in [0.1, 0.15) is 44.9 Å². The van der Waals surface area contributed by atoms with E-state index < -0.39 is 0 Å². The van der Waals surface area contributed by atoms with Crippen LogP contribution in [0.4, 0.5) is 5.69 Å². The van der Waals surface area contributed by atoms with E-state index in [2.05, 4.69) is 5.32 Å². The Balaban J connectivity index is 1.99. The summed E-state index contributed by atoms with van der Waals surface area (Å²) in [5.74, 6) is 0.265. The third-order valence-electron chi connectivity index (χ3n) is 3.35. The number of carbonyl (C=O) groups excluding carboxylic acids is 2. The molecule has 1 rings (SSSR count). The van der Waals surface area contributed by atoms with Crippen LogP contribution in [0.15, 0.2) is 30.3 Å². The van der Waals surface area contributed by atoms with Crippen LogP contribution in [0.5, 0.6) is 0 Å². The average Bonchev–Trinajstić information content (AvgIpc) is 2.46. The van der Waals surface area contributed by atoms with Crippen molar-refractivity contribution >= 4 is 17.5 Å². The molecule has 1 N–H and O–H groups in total. The lowest BCUT2D eigenvalue weighted by Crippen LogP contribution is -2.20. The normalized spacial score (nSPS) is 10.2. The summed E-state index contributed by atoms with van der Waals surface area (Å²) in [4.78, 5) is 24.7. The molecule has 0 aliphatic heterocycles. The molecule has 1 aromatic rings. The van der Waals surface area contributed by atoms with Crippen LogP contribution in [0, 0.1) is 0 Å². The molecule has 0 aromatic heterocycles. The van der Waals surface area contributed by atoms with Gasteiger partial charge in [0.15, 0.2) is 0 Å². The Bertz CT molecular complexity index is 430. The van der Waals surface area contributed by atoms with Crippen LogP contribution in [0.3, 0.4) is 0 Å². The molecule has 0 bridgehead atoms.